The first kappa shape index (κ1) is 22.3. The minimum absolute atomic E-state index is 0.0105. The highest BCUT2D eigenvalue weighted by atomic mass is 16.5. The molecule has 1 aliphatic heterocycles. The fraction of sp³-hybridized carbons (Fsp3) is 0.609. The Bertz CT molecular complexity index is 824. The van der Waals surface area contributed by atoms with Crippen molar-refractivity contribution in [2.45, 2.75) is 59.1 Å². The number of ether oxygens (including phenoxy) is 1. The Kier molecular flexibility index (Phi) is 6.81. The number of rotatable bonds is 7. The van der Waals surface area contributed by atoms with Crippen LogP contribution in [0.1, 0.15) is 61.9 Å². The van der Waals surface area contributed by atoms with Crippen LogP contribution in [-0.2, 0) is 14.3 Å². The maximum Gasteiger partial charge on any atom is 0.251 e. The van der Waals surface area contributed by atoms with Gasteiger partial charge in [-0.1, -0.05) is 6.92 Å². The lowest BCUT2D eigenvalue weighted by atomic mass is 9.84. The minimum atomic E-state index is -0.422. The Labute approximate surface area is 177 Å². The molecule has 3 rings (SSSR count). The van der Waals surface area contributed by atoms with E-state index < -0.39 is 6.23 Å². The number of carbonyl (C=O) groups excluding carboxylic acids is 3. The van der Waals surface area contributed by atoms with Crippen molar-refractivity contribution in [3.63, 3.8) is 0 Å². The van der Waals surface area contributed by atoms with Crippen molar-refractivity contribution in [1.82, 2.24) is 10.2 Å². The van der Waals surface area contributed by atoms with Gasteiger partial charge in [0, 0.05) is 24.6 Å². The van der Waals surface area contributed by atoms with E-state index in [4.69, 9.17) is 4.74 Å². The molecular formula is C23H32N2O5. The van der Waals surface area contributed by atoms with E-state index >= 15 is 0 Å². The van der Waals surface area contributed by atoms with E-state index in [0.717, 1.165) is 31.2 Å². The number of carbonyl (C=O) groups is 3. The lowest BCUT2D eigenvalue weighted by Crippen LogP contribution is -2.43. The molecular weight excluding hydrogens is 384 g/mol. The monoisotopic (exact) mass is 416 g/mol. The van der Waals surface area contributed by atoms with Crippen LogP contribution >= 0.6 is 0 Å². The Morgan fingerprint density at radius 3 is 2.77 bits per heavy atom. The van der Waals surface area contributed by atoms with Crippen molar-refractivity contribution >= 4 is 17.6 Å². The molecule has 2 N–H and O–H groups in total. The summed E-state index contributed by atoms with van der Waals surface area (Å²) in [6.07, 6.45) is 3.18. The van der Waals surface area contributed by atoms with Gasteiger partial charge >= 0.3 is 0 Å². The Morgan fingerprint density at radius 1 is 1.37 bits per heavy atom. The fourth-order valence-corrected chi connectivity index (χ4v) is 4.67. The molecule has 0 radical (unpaired) electrons. The molecule has 1 aromatic carbocycles. The zero-order valence-electron chi connectivity index (χ0n) is 18.1. The molecule has 1 aromatic rings. The second kappa shape index (κ2) is 9.16. The first-order valence-corrected chi connectivity index (χ1v) is 10.7. The number of phenols is 1. The highest BCUT2D eigenvalue weighted by molar-refractivity contribution is 5.95. The molecule has 0 unspecified atom stereocenters. The van der Waals surface area contributed by atoms with E-state index in [0.29, 0.717) is 18.7 Å². The minimum Gasteiger partial charge on any atom is -0.508 e. The Morgan fingerprint density at radius 2 is 2.13 bits per heavy atom. The molecule has 1 saturated carbocycles. The predicted molar refractivity (Wildman–Crippen MR) is 112 cm³/mol. The second-order valence-electron chi connectivity index (χ2n) is 8.89. The van der Waals surface area contributed by atoms with Crippen LogP contribution in [0.5, 0.6) is 5.75 Å². The third-order valence-electron chi connectivity index (χ3n) is 6.46. The number of phenolic OH excluding ortho intramolecular Hbond substituents is 1. The number of hydrogen-bond acceptors (Lipinski definition) is 5. The van der Waals surface area contributed by atoms with Crippen LogP contribution in [0, 0.1) is 18.3 Å². The van der Waals surface area contributed by atoms with Gasteiger partial charge in [0.15, 0.2) is 5.78 Å². The van der Waals surface area contributed by atoms with Crippen LogP contribution in [0.4, 0.5) is 0 Å². The lowest BCUT2D eigenvalue weighted by Gasteiger charge is -2.30. The SMILES string of the molecule is CCN(C(=O)[C@H]1CC[C@](C)(CCNC(=O)c2ccc(O)cc2C)C1)[C@@H]1CC(=O)CO1. The molecule has 2 fully saturated rings. The van der Waals surface area contributed by atoms with Crippen LogP contribution in [0.3, 0.4) is 0 Å². The van der Waals surface area contributed by atoms with E-state index in [-0.39, 0.29) is 47.7 Å². The van der Waals surface area contributed by atoms with E-state index in [1.54, 1.807) is 24.0 Å². The summed E-state index contributed by atoms with van der Waals surface area (Å²) < 4.78 is 5.49. The van der Waals surface area contributed by atoms with Gasteiger partial charge in [-0.15, -0.1) is 0 Å². The number of Topliss-reactive ketones (excluding diaryl/α,β-unsaturated/α-hetero) is 1. The highest BCUT2D eigenvalue weighted by Crippen LogP contribution is 2.44. The summed E-state index contributed by atoms with van der Waals surface area (Å²) >= 11 is 0. The zero-order chi connectivity index (χ0) is 21.9. The Hall–Kier alpha value is -2.41. The lowest BCUT2D eigenvalue weighted by molar-refractivity contribution is -0.146. The van der Waals surface area contributed by atoms with Crippen molar-refractivity contribution < 1.29 is 24.2 Å². The maximum absolute atomic E-state index is 13.0. The predicted octanol–water partition coefficient (Wildman–Crippen LogP) is 2.79. The van der Waals surface area contributed by atoms with Gasteiger partial charge in [-0.25, -0.2) is 0 Å². The molecule has 0 spiro atoms. The first-order valence-electron chi connectivity index (χ1n) is 10.7. The second-order valence-corrected chi connectivity index (χ2v) is 8.89. The third-order valence-corrected chi connectivity index (χ3v) is 6.46. The van der Waals surface area contributed by atoms with E-state index in [1.807, 2.05) is 6.92 Å². The molecule has 1 heterocycles. The average molecular weight is 417 g/mol. The van der Waals surface area contributed by atoms with Gasteiger partial charge in [0.25, 0.3) is 5.91 Å². The summed E-state index contributed by atoms with van der Waals surface area (Å²) in [4.78, 5) is 38.7. The maximum atomic E-state index is 13.0. The molecule has 30 heavy (non-hydrogen) atoms. The van der Waals surface area contributed by atoms with Crippen LogP contribution in [0.2, 0.25) is 0 Å². The molecule has 2 amide bonds. The summed E-state index contributed by atoms with van der Waals surface area (Å²) in [6.45, 7) is 7.05. The van der Waals surface area contributed by atoms with Gasteiger partial charge in [0.1, 0.15) is 18.6 Å². The summed E-state index contributed by atoms with van der Waals surface area (Å²) in [5, 5.41) is 12.5. The van der Waals surface area contributed by atoms with Crippen molar-refractivity contribution in [2.75, 3.05) is 19.7 Å². The molecule has 7 heteroatoms. The largest absolute Gasteiger partial charge is 0.508 e. The van der Waals surface area contributed by atoms with Gasteiger partial charge < -0.3 is 20.1 Å². The molecule has 164 valence electrons. The van der Waals surface area contributed by atoms with Crippen LogP contribution in [-0.4, -0.2) is 53.5 Å². The summed E-state index contributed by atoms with van der Waals surface area (Å²) in [5.41, 5.74) is 1.28. The molecule has 1 aliphatic carbocycles. The summed E-state index contributed by atoms with van der Waals surface area (Å²) in [5.74, 6) is 0.0461. The van der Waals surface area contributed by atoms with Crippen LogP contribution in [0.25, 0.3) is 0 Å². The topological polar surface area (TPSA) is 95.9 Å². The molecule has 0 aromatic heterocycles. The standard InChI is InChI=1S/C23H32N2O5/c1-4-25(20-12-18(27)14-30-20)22(29)16-7-8-23(3,13-16)9-10-24-21(28)19-6-5-17(26)11-15(19)2/h5-6,11,16,20,26H,4,7-10,12-14H2,1-3H3,(H,24,28)/t16-,20-,23+/m0/s1. The van der Waals surface area contributed by atoms with Gasteiger partial charge in [0.05, 0.1) is 6.42 Å². The molecule has 7 nitrogen and oxygen atoms in total. The molecule has 1 saturated heterocycles. The summed E-state index contributed by atoms with van der Waals surface area (Å²) in [6, 6.07) is 4.71. The van der Waals surface area contributed by atoms with Crippen molar-refractivity contribution in [1.29, 1.82) is 0 Å². The zero-order valence-corrected chi connectivity index (χ0v) is 18.1. The average Bonchev–Trinajstić information content (AvgIpc) is 3.28. The van der Waals surface area contributed by atoms with Crippen molar-refractivity contribution in [3.05, 3.63) is 29.3 Å². The Balaban J connectivity index is 1.51. The van der Waals surface area contributed by atoms with Gasteiger partial charge in [0.2, 0.25) is 5.91 Å². The van der Waals surface area contributed by atoms with E-state index in [2.05, 4.69) is 12.2 Å². The number of nitrogens with zero attached hydrogens (tertiary/aromatic N) is 1. The third kappa shape index (κ3) is 5.01. The van der Waals surface area contributed by atoms with Crippen molar-refractivity contribution in [2.24, 2.45) is 11.3 Å². The van der Waals surface area contributed by atoms with Gasteiger partial charge in [-0.3, -0.25) is 14.4 Å². The van der Waals surface area contributed by atoms with Crippen molar-refractivity contribution in [3.8, 4) is 5.75 Å². The number of ketones is 1. The number of aromatic hydroxyl groups is 1. The molecule has 3 atom stereocenters. The number of amides is 2. The number of nitrogens with one attached hydrogen (secondary N) is 1. The normalized spacial score (nSPS) is 26.0. The van der Waals surface area contributed by atoms with Crippen LogP contribution in [0.15, 0.2) is 18.2 Å². The first-order chi connectivity index (χ1) is 14.2. The highest BCUT2D eigenvalue weighted by Gasteiger charge is 2.41. The number of hydrogen-bond donors (Lipinski definition) is 2. The molecule has 2 aliphatic rings. The van der Waals surface area contributed by atoms with Crippen LogP contribution < -0.4 is 5.32 Å². The fourth-order valence-electron chi connectivity index (χ4n) is 4.67. The van der Waals surface area contributed by atoms with E-state index in [1.165, 1.54) is 6.07 Å². The van der Waals surface area contributed by atoms with Gasteiger partial charge in [-0.2, -0.15) is 0 Å². The number of aryl methyl sites for hydroxylation is 1. The number of benzene rings is 1. The van der Waals surface area contributed by atoms with E-state index in [9.17, 15) is 19.5 Å². The van der Waals surface area contributed by atoms with Gasteiger partial charge in [-0.05, 0) is 68.7 Å². The smallest absolute Gasteiger partial charge is 0.251 e. The quantitative estimate of drug-likeness (QED) is 0.713. The summed E-state index contributed by atoms with van der Waals surface area (Å²) in [7, 11) is 0. The molecule has 0 bridgehead atoms.